The van der Waals surface area contributed by atoms with Crippen LogP contribution >= 0.6 is 7.14 Å². The Hall–Kier alpha value is -3.65. The second-order valence-corrected chi connectivity index (χ2v) is 11.0. The van der Waals surface area contributed by atoms with Crippen molar-refractivity contribution in [3.05, 3.63) is 157 Å². The highest BCUT2D eigenvalue weighted by atomic mass is 31.2. The van der Waals surface area contributed by atoms with Crippen molar-refractivity contribution in [2.45, 2.75) is 11.8 Å². The lowest BCUT2D eigenvalue weighted by Gasteiger charge is -2.32. The Morgan fingerprint density at radius 2 is 1.00 bits per heavy atom. The lowest BCUT2D eigenvalue weighted by atomic mass is 9.98. The van der Waals surface area contributed by atoms with Crippen molar-refractivity contribution < 1.29 is 8.98 Å². The first-order valence-electron chi connectivity index (χ1n) is 11.4. The van der Waals surface area contributed by atoms with Crippen molar-refractivity contribution in [1.82, 2.24) is 5.32 Å². The van der Waals surface area contributed by atoms with Gasteiger partial charge in [-0.05, 0) is 23.3 Å². The predicted octanol–water partition coefficient (Wildman–Crippen LogP) is 6.67. The summed E-state index contributed by atoms with van der Waals surface area (Å²) in [7, 11) is -3.22. The Kier molecular flexibility index (Phi) is 6.58. The molecule has 0 saturated heterocycles. The van der Waals surface area contributed by atoms with Crippen LogP contribution in [0, 0.1) is 0 Å². The highest BCUT2D eigenvalue weighted by Crippen LogP contribution is 2.56. The predicted molar refractivity (Wildman–Crippen MR) is 139 cm³/mol. The van der Waals surface area contributed by atoms with Crippen LogP contribution in [0.5, 0.6) is 0 Å². The molecule has 0 aliphatic heterocycles. The van der Waals surface area contributed by atoms with Gasteiger partial charge in [-0.15, -0.1) is 0 Å². The lowest BCUT2D eigenvalue weighted by molar-refractivity contribution is 0.447. The Labute approximate surface area is 200 Å². The van der Waals surface area contributed by atoms with Crippen LogP contribution in [-0.2, 0) is 4.57 Å². The van der Waals surface area contributed by atoms with E-state index in [9.17, 15) is 0 Å². The fourth-order valence-corrected chi connectivity index (χ4v) is 7.38. The minimum atomic E-state index is -3.22. The highest BCUT2D eigenvalue weighted by Gasteiger charge is 2.41. The number of benzene rings is 4. The maximum atomic E-state index is 15.3. The summed E-state index contributed by atoms with van der Waals surface area (Å²) in [6, 6.07) is 43.6. The molecule has 34 heavy (non-hydrogen) atoms. The molecule has 1 aromatic heterocycles. The summed E-state index contributed by atoms with van der Waals surface area (Å²) < 4.78 is 21.2. The number of furan rings is 1. The van der Waals surface area contributed by atoms with Crippen molar-refractivity contribution in [3.63, 3.8) is 0 Å². The molecule has 5 rings (SSSR count). The van der Waals surface area contributed by atoms with E-state index < -0.39 is 12.9 Å². The molecule has 0 fully saturated rings. The average Bonchev–Trinajstić information content (AvgIpc) is 3.45. The topological polar surface area (TPSA) is 42.2 Å². The van der Waals surface area contributed by atoms with Gasteiger partial charge in [0.15, 0.2) is 7.14 Å². The van der Waals surface area contributed by atoms with Gasteiger partial charge >= 0.3 is 0 Å². The van der Waals surface area contributed by atoms with E-state index >= 15 is 4.57 Å². The van der Waals surface area contributed by atoms with Gasteiger partial charge in [-0.1, -0.05) is 121 Å². The maximum absolute atomic E-state index is 15.3. The molecule has 0 unspecified atom stereocenters. The second kappa shape index (κ2) is 10.1. The first kappa shape index (κ1) is 22.2. The molecule has 0 radical (unpaired) electrons. The van der Waals surface area contributed by atoms with Crippen LogP contribution in [0.25, 0.3) is 0 Å². The molecule has 0 amide bonds. The molecule has 0 aliphatic rings. The third-order valence-electron chi connectivity index (χ3n) is 6.05. The first-order valence-corrected chi connectivity index (χ1v) is 13.1. The molecule has 5 aromatic rings. The van der Waals surface area contributed by atoms with Crippen LogP contribution in [-0.4, -0.2) is 0 Å². The first-order chi connectivity index (χ1) is 16.8. The van der Waals surface area contributed by atoms with E-state index in [0.29, 0.717) is 5.76 Å². The van der Waals surface area contributed by atoms with E-state index in [2.05, 4.69) is 29.6 Å². The monoisotopic (exact) mass is 463 g/mol. The van der Waals surface area contributed by atoms with Crippen LogP contribution in [0.2, 0.25) is 0 Å². The van der Waals surface area contributed by atoms with Gasteiger partial charge < -0.3 is 8.98 Å². The van der Waals surface area contributed by atoms with Gasteiger partial charge in [0, 0.05) is 10.6 Å². The molecule has 0 spiro atoms. The molecule has 0 bridgehead atoms. The summed E-state index contributed by atoms with van der Waals surface area (Å²) in [4.78, 5) is 0. The fourth-order valence-electron chi connectivity index (χ4n) is 4.39. The Balaban J connectivity index is 1.70. The van der Waals surface area contributed by atoms with E-state index in [4.69, 9.17) is 4.42 Å². The standard InChI is InChI=1S/C30H26NO2P/c32-34(26-18-9-3-10-19-26,27-20-11-4-12-21-27)30(28-22-13-23-33-28)31-29(24-14-5-1-6-15-24)25-16-7-2-8-17-25/h1-23,29-31H/t30-/m1/s1. The molecule has 168 valence electrons. The van der Waals surface area contributed by atoms with Crippen molar-refractivity contribution in [2.75, 3.05) is 0 Å². The molecule has 1 atom stereocenters. The van der Waals surface area contributed by atoms with Crippen molar-refractivity contribution in [3.8, 4) is 0 Å². The van der Waals surface area contributed by atoms with E-state index in [-0.39, 0.29) is 6.04 Å². The molecule has 0 saturated carbocycles. The quantitative estimate of drug-likeness (QED) is 0.261. The maximum Gasteiger partial charge on any atom is 0.166 e. The van der Waals surface area contributed by atoms with Crippen LogP contribution in [0.3, 0.4) is 0 Å². The zero-order valence-electron chi connectivity index (χ0n) is 18.7. The van der Waals surface area contributed by atoms with Crippen LogP contribution in [0.1, 0.15) is 28.7 Å². The van der Waals surface area contributed by atoms with Gasteiger partial charge in [0.25, 0.3) is 0 Å². The normalized spacial score (nSPS) is 12.5. The van der Waals surface area contributed by atoms with Crippen molar-refractivity contribution >= 4 is 17.8 Å². The van der Waals surface area contributed by atoms with Crippen molar-refractivity contribution in [1.29, 1.82) is 0 Å². The minimum Gasteiger partial charge on any atom is -0.467 e. The number of hydrogen-bond acceptors (Lipinski definition) is 3. The van der Waals surface area contributed by atoms with Gasteiger partial charge in [0.1, 0.15) is 11.5 Å². The summed E-state index contributed by atoms with van der Waals surface area (Å²) in [5.41, 5.74) is 2.19. The Morgan fingerprint density at radius 3 is 1.41 bits per heavy atom. The molecule has 1 N–H and O–H groups in total. The van der Waals surface area contributed by atoms with E-state index in [1.165, 1.54) is 0 Å². The summed E-state index contributed by atoms with van der Waals surface area (Å²) in [6.45, 7) is 0. The van der Waals surface area contributed by atoms with E-state index in [1.54, 1.807) is 6.26 Å². The molecular weight excluding hydrogens is 437 g/mol. The van der Waals surface area contributed by atoms with E-state index in [1.807, 2.05) is 109 Å². The second-order valence-electron chi connectivity index (χ2n) is 8.17. The van der Waals surface area contributed by atoms with Crippen molar-refractivity contribution in [2.24, 2.45) is 0 Å². The third-order valence-corrected chi connectivity index (χ3v) is 9.31. The smallest absolute Gasteiger partial charge is 0.166 e. The van der Waals surface area contributed by atoms with Gasteiger partial charge in [-0.25, -0.2) is 0 Å². The average molecular weight is 464 g/mol. The number of nitrogens with one attached hydrogen (secondary N) is 1. The molecule has 4 heteroatoms. The van der Waals surface area contributed by atoms with Crippen LogP contribution in [0.15, 0.2) is 144 Å². The Morgan fingerprint density at radius 1 is 0.559 bits per heavy atom. The molecule has 4 aromatic carbocycles. The zero-order valence-corrected chi connectivity index (χ0v) is 19.6. The summed E-state index contributed by atoms with van der Waals surface area (Å²) in [5.74, 6) is 0.0746. The minimum absolute atomic E-state index is 0.182. The van der Waals surface area contributed by atoms with Gasteiger partial charge in [0.2, 0.25) is 0 Å². The third kappa shape index (κ3) is 4.41. The Bertz CT molecular complexity index is 1260. The van der Waals surface area contributed by atoms with Gasteiger partial charge in [-0.3, -0.25) is 5.32 Å². The number of hydrogen-bond donors (Lipinski definition) is 1. The highest BCUT2D eigenvalue weighted by molar-refractivity contribution is 7.78. The van der Waals surface area contributed by atoms with Gasteiger partial charge in [-0.2, -0.15) is 0 Å². The van der Waals surface area contributed by atoms with Crippen LogP contribution in [0.4, 0.5) is 0 Å². The largest absolute Gasteiger partial charge is 0.467 e. The summed E-state index contributed by atoms with van der Waals surface area (Å²) in [5, 5.41) is 5.34. The van der Waals surface area contributed by atoms with Crippen LogP contribution < -0.4 is 15.9 Å². The molecule has 3 nitrogen and oxygen atoms in total. The molecule has 0 aliphatic carbocycles. The molecule has 1 heterocycles. The zero-order chi connectivity index (χ0) is 23.2. The lowest BCUT2D eigenvalue weighted by Crippen LogP contribution is -2.33. The summed E-state index contributed by atoms with van der Waals surface area (Å²) >= 11 is 0. The summed E-state index contributed by atoms with van der Waals surface area (Å²) in [6.07, 6.45) is 1.64. The number of rotatable bonds is 8. The molecular formula is C30H26NO2P. The SMILES string of the molecule is O=P(c1ccccc1)(c1ccccc1)[C@@H](NC(c1ccccc1)c1ccccc1)c1ccco1. The van der Waals surface area contributed by atoms with E-state index in [0.717, 1.165) is 21.7 Å². The van der Waals surface area contributed by atoms with Gasteiger partial charge in [0.05, 0.1) is 12.3 Å². The fraction of sp³-hybridized carbons (Fsp3) is 0.0667.